The third-order valence-electron chi connectivity index (χ3n) is 2.77. The van der Waals surface area contributed by atoms with Crippen LogP contribution in [0.3, 0.4) is 0 Å². The summed E-state index contributed by atoms with van der Waals surface area (Å²) in [4.78, 5) is 11.3. The Hall–Kier alpha value is -2.31. The molecule has 2 N–H and O–H groups in total. The van der Waals surface area contributed by atoms with E-state index in [-0.39, 0.29) is 0 Å². The van der Waals surface area contributed by atoms with Crippen molar-refractivity contribution in [1.82, 2.24) is 19.6 Å². The molecule has 0 aliphatic rings. The molecule has 0 saturated carbocycles. The number of carbonyl (C=O) groups is 1. The highest BCUT2D eigenvalue weighted by atomic mass is 16.5. The van der Waals surface area contributed by atoms with Crippen LogP contribution in [0.2, 0.25) is 0 Å². The van der Waals surface area contributed by atoms with Crippen molar-refractivity contribution in [3.8, 4) is 0 Å². The first kappa shape index (κ1) is 12.2. The summed E-state index contributed by atoms with van der Waals surface area (Å²) in [5.74, 6) is -0.408. The first-order valence-corrected chi connectivity index (χ1v) is 5.43. The second kappa shape index (κ2) is 4.52. The standard InChI is InChI=1S/C11H15N5O2/c1-7-10(12)8(2)16(14-7)6-15-5-9(4-13-15)11(17)18-3/h4-5H,6,12H2,1-3H3. The molecular weight excluding hydrogens is 234 g/mol. The van der Waals surface area contributed by atoms with E-state index in [4.69, 9.17) is 5.73 Å². The number of hydrogen-bond acceptors (Lipinski definition) is 5. The minimum absolute atomic E-state index is 0.404. The third-order valence-corrected chi connectivity index (χ3v) is 2.77. The van der Waals surface area contributed by atoms with Gasteiger partial charge in [-0.05, 0) is 13.8 Å². The fourth-order valence-corrected chi connectivity index (χ4v) is 1.65. The Labute approximate surface area is 104 Å². The Morgan fingerprint density at radius 1 is 1.50 bits per heavy atom. The summed E-state index contributed by atoms with van der Waals surface area (Å²) in [6.07, 6.45) is 3.07. The van der Waals surface area contributed by atoms with Crippen LogP contribution >= 0.6 is 0 Å². The van der Waals surface area contributed by atoms with E-state index in [1.807, 2.05) is 13.8 Å². The van der Waals surface area contributed by atoms with E-state index in [9.17, 15) is 4.79 Å². The molecule has 0 saturated heterocycles. The molecule has 7 nitrogen and oxygen atoms in total. The van der Waals surface area contributed by atoms with Gasteiger partial charge >= 0.3 is 5.97 Å². The lowest BCUT2D eigenvalue weighted by atomic mass is 10.3. The van der Waals surface area contributed by atoms with E-state index in [0.29, 0.717) is 17.9 Å². The van der Waals surface area contributed by atoms with Gasteiger partial charge in [-0.2, -0.15) is 10.2 Å². The molecule has 0 atom stereocenters. The van der Waals surface area contributed by atoms with Crippen molar-refractivity contribution in [2.24, 2.45) is 0 Å². The normalized spacial score (nSPS) is 10.6. The highest BCUT2D eigenvalue weighted by Gasteiger charge is 2.11. The molecule has 0 radical (unpaired) electrons. The van der Waals surface area contributed by atoms with E-state index >= 15 is 0 Å². The minimum Gasteiger partial charge on any atom is -0.465 e. The van der Waals surface area contributed by atoms with Gasteiger partial charge in [-0.1, -0.05) is 0 Å². The van der Waals surface area contributed by atoms with Gasteiger partial charge in [-0.3, -0.25) is 4.68 Å². The predicted octanol–water partition coefficient (Wildman–Crippen LogP) is 0.571. The second-order valence-corrected chi connectivity index (χ2v) is 3.99. The van der Waals surface area contributed by atoms with Crippen LogP contribution in [0.25, 0.3) is 0 Å². The Balaban J connectivity index is 2.21. The zero-order chi connectivity index (χ0) is 13.3. The summed E-state index contributed by atoms with van der Waals surface area (Å²) in [6.45, 7) is 4.14. The first-order valence-electron chi connectivity index (χ1n) is 5.43. The number of esters is 1. The molecule has 2 rings (SSSR count). The topological polar surface area (TPSA) is 88.0 Å². The Bertz CT molecular complexity index is 584. The van der Waals surface area contributed by atoms with Crippen molar-refractivity contribution in [2.45, 2.75) is 20.5 Å². The van der Waals surface area contributed by atoms with Crippen molar-refractivity contribution in [2.75, 3.05) is 12.8 Å². The summed E-state index contributed by atoms with van der Waals surface area (Å²) in [5, 5.41) is 8.37. The summed E-state index contributed by atoms with van der Waals surface area (Å²) in [5.41, 5.74) is 8.59. The van der Waals surface area contributed by atoms with Gasteiger partial charge in [-0.15, -0.1) is 0 Å². The Morgan fingerprint density at radius 3 is 2.78 bits per heavy atom. The lowest BCUT2D eigenvalue weighted by Crippen LogP contribution is -2.11. The molecule has 0 amide bonds. The number of anilines is 1. The van der Waals surface area contributed by atoms with Gasteiger partial charge < -0.3 is 10.5 Å². The van der Waals surface area contributed by atoms with Gasteiger partial charge in [0.2, 0.25) is 0 Å². The van der Waals surface area contributed by atoms with Crippen LogP contribution in [0.5, 0.6) is 0 Å². The van der Waals surface area contributed by atoms with E-state index in [2.05, 4.69) is 14.9 Å². The van der Waals surface area contributed by atoms with Crippen LogP contribution in [0, 0.1) is 13.8 Å². The highest BCUT2D eigenvalue weighted by molar-refractivity contribution is 5.88. The molecule has 0 aliphatic heterocycles. The number of aryl methyl sites for hydroxylation is 1. The number of aromatic nitrogens is 4. The van der Waals surface area contributed by atoms with E-state index < -0.39 is 5.97 Å². The smallest absolute Gasteiger partial charge is 0.341 e. The van der Waals surface area contributed by atoms with Crippen LogP contribution in [-0.4, -0.2) is 32.6 Å². The number of rotatable bonds is 3. The minimum atomic E-state index is -0.408. The number of nitrogens with zero attached hydrogens (tertiary/aromatic N) is 4. The van der Waals surface area contributed by atoms with Gasteiger partial charge in [0.15, 0.2) is 0 Å². The van der Waals surface area contributed by atoms with Crippen LogP contribution in [-0.2, 0) is 11.4 Å². The molecule has 96 valence electrons. The third kappa shape index (κ3) is 2.06. The summed E-state index contributed by atoms with van der Waals surface area (Å²) < 4.78 is 7.95. The second-order valence-electron chi connectivity index (χ2n) is 3.99. The monoisotopic (exact) mass is 249 g/mol. The lowest BCUT2D eigenvalue weighted by molar-refractivity contribution is 0.0600. The molecule has 2 aromatic rings. The number of methoxy groups -OCH3 is 1. The van der Waals surface area contributed by atoms with E-state index in [1.54, 1.807) is 15.6 Å². The molecule has 0 unspecified atom stereocenters. The van der Waals surface area contributed by atoms with Crippen molar-refractivity contribution in [3.63, 3.8) is 0 Å². The predicted molar refractivity (Wildman–Crippen MR) is 65.1 cm³/mol. The maximum atomic E-state index is 11.3. The average molecular weight is 249 g/mol. The number of nitrogens with two attached hydrogens (primary N) is 1. The van der Waals surface area contributed by atoms with Crippen LogP contribution in [0.4, 0.5) is 5.69 Å². The van der Waals surface area contributed by atoms with Crippen LogP contribution in [0.15, 0.2) is 12.4 Å². The maximum absolute atomic E-state index is 11.3. The van der Waals surface area contributed by atoms with Gasteiger partial charge in [0.1, 0.15) is 6.67 Å². The summed E-state index contributed by atoms with van der Waals surface area (Å²) >= 11 is 0. The van der Waals surface area contributed by atoms with E-state index in [1.165, 1.54) is 13.3 Å². The van der Waals surface area contributed by atoms with E-state index in [0.717, 1.165) is 11.4 Å². The molecule has 2 aromatic heterocycles. The van der Waals surface area contributed by atoms with Crippen molar-refractivity contribution < 1.29 is 9.53 Å². The first-order chi connectivity index (χ1) is 8.52. The van der Waals surface area contributed by atoms with Crippen LogP contribution in [0.1, 0.15) is 21.7 Å². The Morgan fingerprint density at radius 2 is 2.22 bits per heavy atom. The molecule has 18 heavy (non-hydrogen) atoms. The van der Waals surface area contributed by atoms with Gasteiger partial charge in [0.05, 0.1) is 35.9 Å². The number of carbonyl (C=O) groups excluding carboxylic acids is 1. The molecular formula is C11H15N5O2. The quantitative estimate of drug-likeness (QED) is 0.803. The fourth-order valence-electron chi connectivity index (χ4n) is 1.65. The largest absolute Gasteiger partial charge is 0.465 e. The van der Waals surface area contributed by atoms with Gasteiger partial charge in [-0.25, -0.2) is 9.48 Å². The molecule has 0 aliphatic carbocycles. The summed E-state index contributed by atoms with van der Waals surface area (Å²) in [6, 6.07) is 0. The highest BCUT2D eigenvalue weighted by Crippen LogP contribution is 2.14. The van der Waals surface area contributed by atoms with Crippen molar-refractivity contribution >= 4 is 11.7 Å². The molecule has 0 fully saturated rings. The zero-order valence-electron chi connectivity index (χ0n) is 10.5. The lowest BCUT2D eigenvalue weighted by Gasteiger charge is -2.04. The van der Waals surface area contributed by atoms with Gasteiger partial charge in [0, 0.05) is 6.20 Å². The number of nitrogen functional groups attached to an aromatic ring is 1. The SMILES string of the molecule is COC(=O)c1cnn(Cn2nc(C)c(N)c2C)c1. The maximum Gasteiger partial charge on any atom is 0.341 e. The zero-order valence-corrected chi connectivity index (χ0v) is 10.5. The average Bonchev–Trinajstić information content (AvgIpc) is 2.91. The molecule has 2 heterocycles. The van der Waals surface area contributed by atoms with Crippen molar-refractivity contribution in [3.05, 3.63) is 29.3 Å². The molecule has 7 heteroatoms. The summed E-state index contributed by atoms with van der Waals surface area (Å²) in [7, 11) is 1.33. The Kier molecular flexibility index (Phi) is 3.05. The molecule has 0 spiro atoms. The number of ether oxygens (including phenoxy) is 1. The molecule has 0 aromatic carbocycles. The number of hydrogen-bond donors (Lipinski definition) is 1. The van der Waals surface area contributed by atoms with Crippen molar-refractivity contribution in [1.29, 1.82) is 0 Å². The van der Waals surface area contributed by atoms with Crippen LogP contribution < -0.4 is 5.73 Å². The van der Waals surface area contributed by atoms with Gasteiger partial charge in [0.25, 0.3) is 0 Å². The fraction of sp³-hybridized carbons (Fsp3) is 0.364. The molecule has 0 bridgehead atoms.